The molecule has 0 saturated carbocycles. The maximum atomic E-state index is 13.4. The Kier molecular flexibility index (Phi) is 3.52. The number of ether oxygens (including phenoxy) is 1. The highest BCUT2D eigenvalue weighted by molar-refractivity contribution is 6.31. The molecule has 3 aromatic rings. The summed E-state index contributed by atoms with van der Waals surface area (Å²) < 4.78 is 19.1. The number of aromatic nitrogens is 1. The third-order valence-corrected chi connectivity index (χ3v) is 3.28. The van der Waals surface area contributed by atoms with Crippen LogP contribution in [0.15, 0.2) is 54.7 Å². The zero-order valence-electron chi connectivity index (χ0n) is 10.5. The zero-order chi connectivity index (χ0) is 13.9. The second kappa shape index (κ2) is 5.47. The van der Waals surface area contributed by atoms with E-state index >= 15 is 0 Å². The fraction of sp³-hybridized carbons (Fsp3) is 0.0625. The van der Waals surface area contributed by atoms with E-state index in [9.17, 15) is 4.39 Å². The third-order valence-electron chi connectivity index (χ3n) is 2.99. The molecule has 0 unspecified atom stereocenters. The fourth-order valence-corrected chi connectivity index (χ4v) is 2.14. The number of benzene rings is 2. The standard InChI is InChI=1S/C16H11ClFNO/c17-14-9-13-12(8-15(14)18)6-7-19-16(13)20-10-11-4-2-1-3-5-11/h1-9H,10H2. The van der Waals surface area contributed by atoms with E-state index in [0.29, 0.717) is 23.3 Å². The van der Waals surface area contributed by atoms with E-state index in [2.05, 4.69) is 4.98 Å². The van der Waals surface area contributed by atoms with Gasteiger partial charge < -0.3 is 4.74 Å². The predicted molar refractivity (Wildman–Crippen MR) is 77.5 cm³/mol. The molecule has 0 aliphatic carbocycles. The molecule has 0 atom stereocenters. The van der Waals surface area contributed by atoms with Gasteiger partial charge in [0.15, 0.2) is 0 Å². The van der Waals surface area contributed by atoms with Gasteiger partial charge in [-0.05, 0) is 29.1 Å². The lowest BCUT2D eigenvalue weighted by molar-refractivity contribution is 0.298. The van der Waals surface area contributed by atoms with E-state index in [-0.39, 0.29) is 5.02 Å². The summed E-state index contributed by atoms with van der Waals surface area (Å²) in [6.07, 6.45) is 1.59. The molecule has 0 radical (unpaired) electrons. The Morgan fingerprint density at radius 2 is 1.90 bits per heavy atom. The topological polar surface area (TPSA) is 22.1 Å². The van der Waals surface area contributed by atoms with Gasteiger partial charge in [0.25, 0.3) is 0 Å². The highest BCUT2D eigenvalue weighted by Crippen LogP contribution is 2.28. The van der Waals surface area contributed by atoms with E-state index in [4.69, 9.17) is 16.3 Å². The number of fused-ring (bicyclic) bond motifs is 1. The Labute approximate surface area is 120 Å². The first-order valence-corrected chi connectivity index (χ1v) is 6.52. The lowest BCUT2D eigenvalue weighted by atomic mass is 10.1. The van der Waals surface area contributed by atoms with Crippen molar-refractivity contribution in [3.05, 3.63) is 71.1 Å². The van der Waals surface area contributed by atoms with Gasteiger partial charge in [-0.25, -0.2) is 9.37 Å². The summed E-state index contributed by atoms with van der Waals surface area (Å²) in [6, 6.07) is 14.4. The molecule has 2 nitrogen and oxygen atoms in total. The Bertz CT molecular complexity index is 746. The van der Waals surface area contributed by atoms with Crippen LogP contribution in [0.25, 0.3) is 10.8 Å². The van der Waals surface area contributed by atoms with Crippen molar-refractivity contribution in [2.24, 2.45) is 0 Å². The molecule has 0 saturated heterocycles. The predicted octanol–water partition coefficient (Wildman–Crippen LogP) is 4.61. The van der Waals surface area contributed by atoms with Crippen LogP contribution in [0.4, 0.5) is 4.39 Å². The van der Waals surface area contributed by atoms with E-state index < -0.39 is 5.82 Å². The first kappa shape index (κ1) is 12.9. The van der Waals surface area contributed by atoms with E-state index in [0.717, 1.165) is 5.56 Å². The zero-order valence-corrected chi connectivity index (χ0v) is 11.3. The normalized spacial score (nSPS) is 10.7. The molecule has 0 spiro atoms. The SMILES string of the molecule is Fc1cc2ccnc(OCc3ccccc3)c2cc1Cl. The van der Waals surface area contributed by atoms with Gasteiger partial charge in [-0.2, -0.15) is 0 Å². The molecule has 4 heteroatoms. The molecular formula is C16H11ClFNO. The second-order valence-corrected chi connectivity index (χ2v) is 4.79. The van der Waals surface area contributed by atoms with Crippen molar-refractivity contribution in [3.63, 3.8) is 0 Å². The molecule has 3 rings (SSSR count). The summed E-state index contributed by atoms with van der Waals surface area (Å²) in [5.41, 5.74) is 1.04. The smallest absolute Gasteiger partial charge is 0.221 e. The largest absolute Gasteiger partial charge is 0.472 e. The first-order chi connectivity index (χ1) is 9.74. The minimum absolute atomic E-state index is 0.0649. The number of hydrogen-bond acceptors (Lipinski definition) is 2. The average molecular weight is 288 g/mol. The lowest BCUT2D eigenvalue weighted by Crippen LogP contribution is -1.97. The molecule has 0 N–H and O–H groups in total. The van der Waals surface area contributed by atoms with Crippen LogP contribution in [0, 0.1) is 5.82 Å². The molecule has 0 aliphatic heterocycles. The lowest BCUT2D eigenvalue weighted by Gasteiger charge is -2.09. The van der Waals surface area contributed by atoms with E-state index in [1.165, 1.54) is 6.07 Å². The van der Waals surface area contributed by atoms with Crippen LogP contribution in [-0.4, -0.2) is 4.98 Å². The Hall–Kier alpha value is -2.13. The second-order valence-electron chi connectivity index (χ2n) is 4.38. The molecule has 2 aromatic carbocycles. The molecule has 1 heterocycles. The summed E-state index contributed by atoms with van der Waals surface area (Å²) in [5, 5.41) is 1.48. The highest BCUT2D eigenvalue weighted by Gasteiger charge is 2.08. The van der Waals surface area contributed by atoms with Crippen molar-refractivity contribution < 1.29 is 9.13 Å². The van der Waals surface area contributed by atoms with Gasteiger partial charge in [-0.15, -0.1) is 0 Å². The van der Waals surface area contributed by atoms with Crippen LogP contribution in [0.1, 0.15) is 5.56 Å². The van der Waals surface area contributed by atoms with Gasteiger partial charge in [0.2, 0.25) is 5.88 Å². The highest BCUT2D eigenvalue weighted by atomic mass is 35.5. The monoisotopic (exact) mass is 287 g/mol. The van der Waals surface area contributed by atoms with Gasteiger partial charge >= 0.3 is 0 Å². The molecule has 20 heavy (non-hydrogen) atoms. The Morgan fingerprint density at radius 3 is 2.70 bits per heavy atom. The maximum Gasteiger partial charge on any atom is 0.221 e. The van der Waals surface area contributed by atoms with Crippen LogP contribution in [0.2, 0.25) is 5.02 Å². The van der Waals surface area contributed by atoms with Crippen molar-refractivity contribution >= 4 is 22.4 Å². The molecule has 100 valence electrons. The minimum atomic E-state index is -0.445. The fourth-order valence-electron chi connectivity index (χ4n) is 1.98. The Morgan fingerprint density at radius 1 is 1.10 bits per heavy atom. The number of hydrogen-bond donors (Lipinski definition) is 0. The van der Waals surface area contributed by atoms with E-state index in [1.807, 2.05) is 30.3 Å². The number of halogens is 2. The van der Waals surface area contributed by atoms with Crippen LogP contribution in [0.5, 0.6) is 5.88 Å². The first-order valence-electron chi connectivity index (χ1n) is 6.14. The third kappa shape index (κ3) is 2.58. The van der Waals surface area contributed by atoms with Crippen molar-refractivity contribution in [3.8, 4) is 5.88 Å². The van der Waals surface area contributed by atoms with Crippen LogP contribution in [-0.2, 0) is 6.61 Å². The van der Waals surface area contributed by atoms with Crippen LogP contribution >= 0.6 is 11.6 Å². The maximum absolute atomic E-state index is 13.4. The summed E-state index contributed by atoms with van der Waals surface area (Å²) in [5.74, 6) is 0.00706. The van der Waals surface area contributed by atoms with Crippen molar-refractivity contribution in [2.75, 3.05) is 0 Å². The van der Waals surface area contributed by atoms with Gasteiger partial charge in [0, 0.05) is 11.6 Å². The molecule has 0 amide bonds. The summed E-state index contributed by atoms with van der Waals surface area (Å²) >= 11 is 5.82. The average Bonchev–Trinajstić information content (AvgIpc) is 2.47. The molecule has 0 aliphatic rings. The minimum Gasteiger partial charge on any atom is -0.472 e. The number of rotatable bonds is 3. The van der Waals surface area contributed by atoms with Gasteiger partial charge in [-0.1, -0.05) is 41.9 Å². The number of pyridine rings is 1. The Balaban J connectivity index is 1.93. The number of nitrogens with zero attached hydrogens (tertiary/aromatic N) is 1. The summed E-state index contributed by atoms with van der Waals surface area (Å²) in [6.45, 7) is 0.405. The van der Waals surface area contributed by atoms with Crippen LogP contribution < -0.4 is 4.74 Å². The van der Waals surface area contributed by atoms with Crippen molar-refractivity contribution in [1.82, 2.24) is 4.98 Å². The molecule has 0 fully saturated rings. The summed E-state index contributed by atoms with van der Waals surface area (Å²) in [4.78, 5) is 4.19. The molecule has 0 bridgehead atoms. The van der Waals surface area contributed by atoms with Gasteiger partial charge in [0.05, 0.1) is 5.02 Å². The van der Waals surface area contributed by atoms with Crippen molar-refractivity contribution in [2.45, 2.75) is 6.61 Å². The van der Waals surface area contributed by atoms with Gasteiger partial charge in [-0.3, -0.25) is 0 Å². The molecular weight excluding hydrogens is 277 g/mol. The van der Waals surface area contributed by atoms with E-state index in [1.54, 1.807) is 18.3 Å². The molecule has 1 aromatic heterocycles. The van der Waals surface area contributed by atoms with Crippen molar-refractivity contribution in [1.29, 1.82) is 0 Å². The quantitative estimate of drug-likeness (QED) is 0.702. The van der Waals surface area contributed by atoms with Crippen LogP contribution in [0.3, 0.4) is 0 Å². The summed E-state index contributed by atoms with van der Waals surface area (Å²) in [7, 11) is 0. The van der Waals surface area contributed by atoms with Gasteiger partial charge in [0.1, 0.15) is 12.4 Å².